The Bertz CT molecular complexity index is 408. The first-order valence-corrected chi connectivity index (χ1v) is 8.98. The lowest BCUT2D eigenvalue weighted by atomic mass is 10.7. The molecule has 0 rings (SSSR count). The number of carbonyl (C=O) groups is 1. The van der Waals surface area contributed by atoms with Gasteiger partial charge in [0, 0.05) is 20.3 Å². The molecule has 1 atom stereocenters. The molecule has 0 aliphatic heterocycles. The molecule has 0 heterocycles. The van der Waals surface area contributed by atoms with Crippen molar-refractivity contribution in [1.29, 1.82) is 0 Å². The van der Waals surface area contributed by atoms with Crippen LogP contribution in [0.25, 0.3) is 0 Å². The first kappa shape index (κ1) is 19.5. The van der Waals surface area contributed by atoms with Crippen molar-refractivity contribution >= 4 is 71.3 Å². The molecule has 0 radical (unpaired) electrons. The Morgan fingerprint density at radius 2 is 1.63 bits per heavy atom. The van der Waals surface area contributed by atoms with Gasteiger partial charge in [0.2, 0.25) is 13.7 Å². The molecule has 19 heavy (non-hydrogen) atoms. The van der Waals surface area contributed by atoms with Gasteiger partial charge in [-0.2, -0.15) is 0 Å². The molecule has 0 bridgehead atoms. The highest BCUT2D eigenvalue weighted by atomic mass is 35.6. The minimum atomic E-state index is -2.97. The lowest BCUT2D eigenvalue weighted by molar-refractivity contribution is -0.171. The van der Waals surface area contributed by atoms with Gasteiger partial charge in [0.15, 0.2) is 4.49 Å². The van der Waals surface area contributed by atoms with Crippen LogP contribution in [-0.4, -0.2) is 29.4 Å². The smallest absolute Gasteiger partial charge is 0.361 e. The summed E-state index contributed by atoms with van der Waals surface area (Å²) in [4.78, 5) is 11.2. The zero-order valence-corrected chi connectivity index (χ0v) is 14.6. The zero-order chi connectivity index (χ0) is 15.4. The summed E-state index contributed by atoms with van der Waals surface area (Å²) in [7, 11) is -2.97. The van der Waals surface area contributed by atoms with E-state index >= 15 is 0 Å². The SMILES string of the molecule is CC(OC(=O)C(Cl)(Cl)Cl)OC(OP(C)(C)=O)=C(Cl)Cl. The number of halogens is 5. The summed E-state index contributed by atoms with van der Waals surface area (Å²) in [6.45, 7) is 3.92. The molecular formula is C8H10Cl5O5P. The Balaban J connectivity index is 4.69. The molecule has 0 amide bonds. The fourth-order valence-electron chi connectivity index (χ4n) is 0.693. The average Bonchev–Trinajstić information content (AvgIpc) is 2.12. The maximum Gasteiger partial charge on any atom is 0.361 e. The molecule has 11 heteroatoms. The van der Waals surface area contributed by atoms with Crippen LogP contribution >= 0.6 is 65.4 Å². The molecule has 112 valence electrons. The normalized spacial score (nSPS) is 13.5. The number of ether oxygens (including phenoxy) is 2. The first-order valence-electron chi connectivity index (χ1n) is 4.57. The third-order valence-corrected chi connectivity index (χ3v) is 2.61. The highest BCUT2D eigenvalue weighted by molar-refractivity contribution is 7.57. The zero-order valence-electron chi connectivity index (χ0n) is 9.96. The third-order valence-electron chi connectivity index (χ3n) is 1.23. The van der Waals surface area contributed by atoms with Crippen molar-refractivity contribution in [3.63, 3.8) is 0 Å². The van der Waals surface area contributed by atoms with E-state index in [1.807, 2.05) is 0 Å². The molecule has 0 saturated carbocycles. The van der Waals surface area contributed by atoms with Gasteiger partial charge in [0.1, 0.15) is 0 Å². The Labute approximate surface area is 135 Å². The molecule has 1 unspecified atom stereocenters. The van der Waals surface area contributed by atoms with Gasteiger partial charge in [0.25, 0.3) is 3.79 Å². The number of rotatable bonds is 5. The van der Waals surface area contributed by atoms with Crippen molar-refractivity contribution < 1.29 is 23.4 Å². The summed E-state index contributed by atoms with van der Waals surface area (Å²) in [6, 6.07) is 0. The average molecular weight is 394 g/mol. The Morgan fingerprint density at radius 1 is 1.16 bits per heavy atom. The molecule has 0 spiro atoms. The molecule has 0 saturated heterocycles. The van der Waals surface area contributed by atoms with Crippen molar-refractivity contribution in [3.05, 3.63) is 10.4 Å². The Kier molecular flexibility index (Phi) is 7.68. The minimum Gasteiger partial charge on any atom is -0.423 e. The van der Waals surface area contributed by atoms with Gasteiger partial charge in [-0.05, 0) is 0 Å². The second-order valence-corrected chi connectivity index (χ2v) is 9.40. The molecule has 0 aliphatic carbocycles. The van der Waals surface area contributed by atoms with E-state index in [4.69, 9.17) is 67.3 Å². The molecule has 0 aromatic heterocycles. The number of esters is 1. The standard InChI is InChI=1S/C8H10Cl5O5P/c1-4(17-7(14)8(11,12)13)16-6(5(9)10)18-19(2,3)15/h4H,1-3H3. The molecule has 0 aliphatic rings. The third kappa shape index (κ3) is 9.11. The van der Waals surface area contributed by atoms with Crippen molar-refractivity contribution in [2.75, 3.05) is 13.3 Å². The van der Waals surface area contributed by atoms with E-state index in [2.05, 4.69) is 4.74 Å². The van der Waals surface area contributed by atoms with E-state index in [1.54, 1.807) is 0 Å². The summed E-state index contributed by atoms with van der Waals surface area (Å²) in [6.07, 6.45) is -1.22. The lowest BCUT2D eigenvalue weighted by Gasteiger charge is -2.20. The van der Waals surface area contributed by atoms with E-state index in [0.29, 0.717) is 0 Å². The van der Waals surface area contributed by atoms with Gasteiger partial charge >= 0.3 is 11.9 Å². The van der Waals surface area contributed by atoms with Gasteiger partial charge in [-0.15, -0.1) is 0 Å². The fraction of sp³-hybridized carbons (Fsp3) is 0.625. The number of carbonyl (C=O) groups excluding carboxylic acids is 1. The van der Waals surface area contributed by atoms with Crippen LogP contribution in [0, 0.1) is 0 Å². The maximum atomic E-state index is 11.5. The minimum absolute atomic E-state index is 0.430. The van der Waals surface area contributed by atoms with Crippen molar-refractivity contribution in [3.8, 4) is 0 Å². The second kappa shape index (κ2) is 7.48. The summed E-state index contributed by atoms with van der Waals surface area (Å²) < 4.78 is 23.3. The van der Waals surface area contributed by atoms with Gasteiger partial charge in [0.05, 0.1) is 0 Å². The number of hydrogen-bond donors (Lipinski definition) is 0. The molecule has 5 nitrogen and oxygen atoms in total. The van der Waals surface area contributed by atoms with E-state index in [9.17, 15) is 9.36 Å². The summed E-state index contributed by atoms with van der Waals surface area (Å²) in [5, 5.41) is 0. The van der Waals surface area contributed by atoms with Crippen LogP contribution in [0.3, 0.4) is 0 Å². The molecular weight excluding hydrogens is 384 g/mol. The quantitative estimate of drug-likeness (QED) is 0.227. The monoisotopic (exact) mass is 392 g/mol. The Hall–Kier alpha value is 0.490. The van der Waals surface area contributed by atoms with E-state index < -0.39 is 33.9 Å². The van der Waals surface area contributed by atoms with Crippen molar-refractivity contribution in [2.24, 2.45) is 0 Å². The maximum absolute atomic E-state index is 11.5. The molecule has 0 aromatic carbocycles. The Morgan fingerprint density at radius 3 is 1.95 bits per heavy atom. The van der Waals surface area contributed by atoms with Crippen LogP contribution in [0.15, 0.2) is 10.4 Å². The first-order chi connectivity index (χ1) is 8.33. The highest BCUT2D eigenvalue weighted by Gasteiger charge is 2.34. The van der Waals surface area contributed by atoms with Gasteiger partial charge in [-0.3, -0.25) is 4.57 Å². The highest BCUT2D eigenvalue weighted by Crippen LogP contribution is 2.42. The van der Waals surface area contributed by atoms with Crippen LogP contribution in [-0.2, 0) is 23.4 Å². The molecule has 0 fully saturated rings. The number of alkyl halides is 3. The molecule has 0 N–H and O–H groups in total. The second-order valence-electron chi connectivity index (χ2n) is 3.48. The van der Waals surface area contributed by atoms with Crippen molar-refractivity contribution in [2.45, 2.75) is 17.0 Å². The fourth-order valence-corrected chi connectivity index (χ4v) is 1.63. The summed E-state index contributed by atoms with van der Waals surface area (Å²) >= 11 is 26.8. The van der Waals surface area contributed by atoms with Crippen molar-refractivity contribution in [1.82, 2.24) is 0 Å². The van der Waals surface area contributed by atoms with Crippen LogP contribution in [0.2, 0.25) is 0 Å². The predicted octanol–water partition coefficient (Wildman–Crippen LogP) is 4.42. The van der Waals surface area contributed by atoms with Crippen LogP contribution in [0.1, 0.15) is 6.92 Å². The topological polar surface area (TPSA) is 61.8 Å². The largest absolute Gasteiger partial charge is 0.423 e. The summed E-state index contributed by atoms with van der Waals surface area (Å²) in [5.74, 6) is -1.62. The number of hydrogen-bond acceptors (Lipinski definition) is 5. The van der Waals surface area contributed by atoms with Crippen LogP contribution in [0.5, 0.6) is 0 Å². The van der Waals surface area contributed by atoms with E-state index in [0.717, 1.165) is 0 Å². The summed E-state index contributed by atoms with van der Waals surface area (Å²) in [5.41, 5.74) is 0. The molecule has 0 aromatic rings. The lowest BCUT2D eigenvalue weighted by Crippen LogP contribution is -2.27. The van der Waals surface area contributed by atoms with E-state index in [-0.39, 0.29) is 0 Å². The van der Waals surface area contributed by atoms with Crippen LogP contribution in [0.4, 0.5) is 0 Å². The predicted molar refractivity (Wildman–Crippen MR) is 76.2 cm³/mol. The van der Waals surface area contributed by atoms with Gasteiger partial charge < -0.3 is 14.0 Å². The van der Waals surface area contributed by atoms with E-state index in [1.165, 1.54) is 20.3 Å². The van der Waals surface area contributed by atoms with Crippen LogP contribution < -0.4 is 0 Å². The van der Waals surface area contributed by atoms with Gasteiger partial charge in [-0.25, -0.2) is 4.79 Å². The van der Waals surface area contributed by atoms with Gasteiger partial charge in [-0.1, -0.05) is 58.0 Å².